The minimum absolute atomic E-state index is 0.0391. The van der Waals surface area contributed by atoms with Crippen LogP contribution in [0.3, 0.4) is 0 Å². The number of hydrogen-bond acceptors (Lipinski definition) is 3. The Kier molecular flexibility index (Phi) is 5.20. The van der Waals surface area contributed by atoms with Crippen molar-refractivity contribution in [2.45, 2.75) is 51.7 Å². The lowest BCUT2D eigenvalue weighted by Gasteiger charge is -2.33. The van der Waals surface area contributed by atoms with Crippen LogP contribution in [0.5, 0.6) is 0 Å². The molecule has 0 aliphatic rings. The second kappa shape index (κ2) is 6.32. The molecule has 4 nitrogen and oxygen atoms in total. The molecule has 1 rings (SSSR count). The number of nitrogens with two attached hydrogens (primary N) is 1. The van der Waals surface area contributed by atoms with Gasteiger partial charge in [0.25, 0.3) is 5.91 Å². The number of nitrogens with zero attached hydrogens (tertiary/aromatic N) is 1. The summed E-state index contributed by atoms with van der Waals surface area (Å²) in [6.07, 6.45) is -2.50. The number of amides is 1. The molecule has 0 unspecified atom stereocenters. The van der Waals surface area contributed by atoms with Crippen LogP contribution in [-0.2, 0) is 6.18 Å². The Hall–Kier alpha value is -1.79. The first kappa shape index (κ1) is 17.3. The Morgan fingerprint density at radius 2 is 1.71 bits per heavy atom. The molecule has 0 saturated heterocycles. The van der Waals surface area contributed by atoms with E-state index in [4.69, 9.17) is 5.73 Å². The van der Waals surface area contributed by atoms with E-state index in [0.29, 0.717) is 19.3 Å². The summed E-state index contributed by atoms with van der Waals surface area (Å²) in [5, 5.41) is 2.99. The molecule has 0 radical (unpaired) electrons. The number of anilines is 1. The van der Waals surface area contributed by atoms with Gasteiger partial charge in [-0.15, -0.1) is 0 Å². The molecule has 0 saturated carbocycles. The lowest BCUT2D eigenvalue weighted by Crippen LogP contribution is -2.37. The van der Waals surface area contributed by atoms with Crippen molar-refractivity contribution in [3.8, 4) is 0 Å². The first-order valence-electron chi connectivity index (χ1n) is 6.85. The standard InChI is InChI=1S/C14H20F3N3O/c1-4-13(5-2,6-3)20-12-9(11(18)21)7-8-10(19-12)14(15,16)17/h7-8H,4-6H2,1-3H3,(H2,18,21)(H,19,20). The zero-order valence-electron chi connectivity index (χ0n) is 12.3. The van der Waals surface area contributed by atoms with E-state index < -0.39 is 23.3 Å². The van der Waals surface area contributed by atoms with Crippen molar-refractivity contribution in [2.75, 3.05) is 5.32 Å². The predicted molar refractivity (Wildman–Crippen MR) is 75.0 cm³/mol. The number of alkyl halides is 3. The third-order valence-corrected chi connectivity index (χ3v) is 3.87. The summed E-state index contributed by atoms with van der Waals surface area (Å²) < 4.78 is 38.3. The number of nitrogens with one attached hydrogen (secondary N) is 1. The maximum Gasteiger partial charge on any atom is 0.433 e. The summed E-state index contributed by atoms with van der Waals surface area (Å²) >= 11 is 0. The van der Waals surface area contributed by atoms with Crippen molar-refractivity contribution in [3.05, 3.63) is 23.4 Å². The number of aromatic nitrogens is 1. The minimum atomic E-state index is -4.57. The van der Waals surface area contributed by atoms with Gasteiger partial charge in [0, 0.05) is 5.54 Å². The highest BCUT2D eigenvalue weighted by molar-refractivity contribution is 5.97. The van der Waals surface area contributed by atoms with Crippen molar-refractivity contribution in [3.63, 3.8) is 0 Å². The number of primary amides is 1. The number of hydrogen-bond donors (Lipinski definition) is 2. The Labute approximate surface area is 121 Å². The number of carbonyl (C=O) groups excluding carboxylic acids is 1. The summed E-state index contributed by atoms with van der Waals surface area (Å²) in [7, 11) is 0. The fourth-order valence-electron chi connectivity index (χ4n) is 2.18. The SMILES string of the molecule is CCC(CC)(CC)Nc1nc(C(F)(F)F)ccc1C(N)=O. The smallest absolute Gasteiger partial charge is 0.365 e. The molecule has 1 aromatic heterocycles. The van der Waals surface area contributed by atoms with Crippen LogP contribution < -0.4 is 11.1 Å². The molecule has 0 bridgehead atoms. The summed E-state index contributed by atoms with van der Waals surface area (Å²) in [5.41, 5.74) is 3.71. The number of halogens is 3. The van der Waals surface area contributed by atoms with E-state index in [2.05, 4.69) is 10.3 Å². The van der Waals surface area contributed by atoms with Gasteiger partial charge in [-0.05, 0) is 31.4 Å². The summed E-state index contributed by atoms with van der Waals surface area (Å²) in [5.74, 6) is -0.918. The van der Waals surface area contributed by atoms with Crippen molar-refractivity contribution >= 4 is 11.7 Å². The molecule has 0 fully saturated rings. The van der Waals surface area contributed by atoms with Crippen molar-refractivity contribution in [1.82, 2.24) is 4.98 Å². The van der Waals surface area contributed by atoms with E-state index in [1.54, 1.807) is 0 Å². The van der Waals surface area contributed by atoms with E-state index in [1.165, 1.54) is 0 Å². The van der Waals surface area contributed by atoms with Crippen molar-refractivity contribution < 1.29 is 18.0 Å². The largest absolute Gasteiger partial charge is 0.433 e. The van der Waals surface area contributed by atoms with Gasteiger partial charge in [0.15, 0.2) is 0 Å². The highest BCUT2D eigenvalue weighted by Crippen LogP contribution is 2.32. The zero-order valence-corrected chi connectivity index (χ0v) is 12.3. The Bertz CT molecular complexity index is 502. The molecule has 0 atom stereocenters. The van der Waals surface area contributed by atoms with E-state index in [9.17, 15) is 18.0 Å². The van der Waals surface area contributed by atoms with Crippen LogP contribution in [0.25, 0.3) is 0 Å². The highest BCUT2D eigenvalue weighted by atomic mass is 19.4. The minimum Gasteiger partial charge on any atom is -0.365 e. The molecule has 7 heteroatoms. The van der Waals surface area contributed by atoms with Gasteiger partial charge in [-0.2, -0.15) is 13.2 Å². The summed E-state index contributed by atoms with van der Waals surface area (Å²) in [6, 6.07) is 1.82. The topological polar surface area (TPSA) is 68.0 Å². The van der Waals surface area contributed by atoms with Crippen molar-refractivity contribution in [1.29, 1.82) is 0 Å². The normalized spacial score (nSPS) is 12.3. The Morgan fingerprint density at radius 3 is 2.10 bits per heavy atom. The average Bonchev–Trinajstić information content (AvgIpc) is 2.43. The van der Waals surface area contributed by atoms with E-state index >= 15 is 0 Å². The monoisotopic (exact) mass is 303 g/mol. The number of pyridine rings is 1. The van der Waals surface area contributed by atoms with Gasteiger partial charge >= 0.3 is 6.18 Å². The van der Waals surface area contributed by atoms with Crippen LogP contribution >= 0.6 is 0 Å². The van der Waals surface area contributed by atoms with Crippen LogP contribution in [-0.4, -0.2) is 16.4 Å². The molecule has 0 spiro atoms. The van der Waals surface area contributed by atoms with E-state index in [1.807, 2.05) is 20.8 Å². The van der Waals surface area contributed by atoms with Crippen LogP contribution in [0.1, 0.15) is 56.1 Å². The van der Waals surface area contributed by atoms with Crippen molar-refractivity contribution in [2.24, 2.45) is 5.73 Å². The molecule has 0 aliphatic heterocycles. The molecule has 1 heterocycles. The first-order valence-corrected chi connectivity index (χ1v) is 6.85. The zero-order chi connectivity index (χ0) is 16.3. The molecule has 0 aliphatic carbocycles. The average molecular weight is 303 g/mol. The van der Waals surface area contributed by atoms with E-state index in [-0.39, 0.29) is 11.4 Å². The summed E-state index contributed by atoms with van der Waals surface area (Å²) in [4.78, 5) is 15.0. The Balaban J connectivity index is 3.33. The molecule has 0 aromatic carbocycles. The molecule has 1 amide bonds. The first-order chi connectivity index (χ1) is 9.69. The van der Waals surface area contributed by atoms with Crippen LogP contribution in [0, 0.1) is 0 Å². The fourth-order valence-corrected chi connectivity index (χ4v) is 2.18. The van der Waals surface area contributed by atoms with Crippen LogP contribution in [0.2, 0.25) is 0 Å². The second-order valence-corrected chi connectivity index (χ2v) is 4.92. The van der Waals surface area contributed by atoms with Gasteiger partial charge in [0.05, 0.1) is 5.56 Å². The third-order valence-electron chi connectivity index (χ3n) is 3.87. The number of rotatable bonds is 6. The van der Waals surface area contributed by atoms with Gasteiger partial charge in [0.2, 0.25) is 0 Å². The second-order valence-electron chi connectivity index (χ2n) is 4.92. The fraction of sp³-hybridized carbons (Fsp3) is 0.571. The van der Waals surface area contributed by atoms with Gasteiger partial charge in [-0.25, -0.2) is 4.98 Å². The highest BCUT2D eigenvalue weighted by Gasteiger charge is 2.34. The summed E-state index contributed by atoms with van der Waals surface area (Å²) in [6.45, 7) is 5.78. The maximum absolute atomic E-state index is 12.8. The van der Waals surface area contributed by atoms with Gasteiger partial charge in [-0.3, -0.25) is 4.79 Å². The molecular formula is C14H20F3N3O. The molecule has 118 valence electrons. The maximum atomic E-state index is 12.8. The van der Waals surface area contributed by atoms with Gasteiger partial charge in [-0.1, -0.05) is 20.8 Å². The predicted octanol–water partition coefficient (Wildman–Crippen LogP) is 3.58. The molecule has 3 N–H and O–H groups in total. The molecule has 1 aromatic rings. The lowest BCUT2D eigenvalue weighted by atomic mass is 9.89. The number of carbonyl (C=O) groups is 1. The van der Waals surface area contributed by atoms with Gasteiger partial charge < -0.3 is 11.1 Å². The quantitative estimate of drug-likeness (QED) is 0.844. The van der Waals surface area contributed by atoms with Gasteiger partial charge in [0.1, 0.15) is 11.5 Å². The molecule has 21 heavy (non-hydrogen) atoms. The van der Waals surface area contributed by atoms with Crippen LogP contribution in [0.15, 0.2) is 12.1 Å². The lowest BCUT2D eigenvalue weighted by molar-refractivity contribution is -0.141. The van der Waals surface area contributed by atoms with Crippen LogP contribution in [0.4, 0.5) is 19.0 Å². The van der Waals surface area contributed by atoms with E-state index in [0.717, 1.165) is 12.1 Å². The third kappa shape index (κ3) is 3.86. The molecular weight excluding hydrogens is 283 g/mol. The Morgan fingerprint density at radius 1 is 1.19 bits per heavy atom.